The molecule has 0 radical (unpaired) electrons. The van der Waals surface area contributed by atoms with Crippen molar-refractivity contribution in [1.29, 1.82) is 0 Å². The molecule has 0 spiro atoms. The van der Waals surface area contributed by atoms with Gasteiger partial charge in [0.2, 0.25) is 11.7 Å². The first-order valence-corrected chi connectivity index (χ1v) is 16.2. The fourth-order valence-corrected chi connectivity index (χ4v) is 5.27. The number of nitrogens with zero attached hydrogens (tertiary/aromatic N) is 1. The van der Waals surface area contributed by atoms with Gasteiger partial charge >= 0.3 is 29.8 Å². The van der Waals surface area contributed by atoms with Crippen LogP contribution >= 0.6 is 0 Å². The van der Waals surface area contributed by atoms with Gasteiger partial charge in [-0.15, -0.1) is 0 Å². The Hall–Kier alpha value is -6.83. The van der Waals surface area contributed by atoms with Gasteiger partial charge < -0.3 is 33.7 Å². The molecule has 0 saturated carbocycles. The summed E-state index contributed by atoms with van der Waals surface area (Å²) in [5, 5.41) is 2.65. The lowest BCUT2D eigenvalue weighted by Crippen LogP contribution is -2.62. The molecule has 2 heterocycles. The Morgan fingerprint density at radius 1 is 0.698 bits per heavy atom. The summed E-state index contributed by atoms with van der Waals surface area (Å²) >= 11 is 0. The van der Waals surface area contributed by atoms with E-state index in [1.54, 1.807) is 60.7 Å². The molecule has 0 bridgehead atoms. The Morgan fingerprint density at radius 3 is 1.81 bits per heavy atom. The Bertz CT molecular complexity index is 1940. The van der Waals surface area contributed by atoms with Crippen LogP contribution in [0.1, 0.15) is 48.5 Å². The van der Waals surface area contributed by atoms with E-state index in [1.165, 1.54) is 61.7 Å². The second-order valence-corrected chi connectivity index (χ2v) is 11.4. The number of pyridine rings is 1. The van der Waals surface area contributed by atoms with Gasteiger partial charge in [0.25, 0.3) is 0 Å². The van der Waals surface area contributed by atoms with Crippen LogP contribution in [0.15, 0.2) is 127 Å². The van der Waals surface area contributed by atoms with E-state index in [2.05, 4.69) is 10.3 Å². The van der Waals surface area contributed by atoms with Gasteiger partial charge in [0, 0.05) is 19.2 Å². The van der Waals surface area contributed by atoms with E-state index in [1.807, 2.05) is 0 Å². The molecule has 1 aliphatic rings. The highest BCUT2D eigenvalue weighted by Gasteiger charge is 2.50. The zero-order chi connectivity index (χ0) is 37.7. The normalized spacial score (nSPS) is 17.3. The highest BCUT2D eigenvalue weighted by atomic mass is 16.6. The van der Waals surface area contributed by atoms with Crippen LogP contribution < -0.4 is 5.32 Å². The van der Waals surface area contributed by atoms with E-state index in [0.29, 0.717) is 0 Å². The summed E-state index contributed by atoms with van der Waals surface area (Å²) in [6, 6.07) is 26.7. The molecule has 0 fully saturated rings. The van der Waals surface area contributed by atoms with Crippen molar-refractivity contribution >= 4 is 35.8 Å². The molecule has 1 aliphatic heterocycles. The first-order chi connectivity index (χ1) is 25.6. The number of hydrogen-bond acceptors (Lipinski definition) is 13. The minimum Gasteiger partial charge on any atom is -0.477 e. The zero-order valence-corrected chi connectivity index (χ0v) is 28.5. The SMILES string of the molecule is COC(=O)C1=C[C@H](OC(=O)c2ccccc2)[C@@H](NC(C)=O)[C@H](C(OC(=O)c2ccccc2)C(COC(=O)c2ccccc2)OC(=O)c2ccccn2)O1. The highest BCUT2D eigenvalue weighted by molar-refractivity contribution is 5.91. The Balaban J connectivity index is 1.61. The Kier molecular flexibility index (Phi) is 12.6. The molecule has 1 N–H and O–H groups in total. The maximum absolute atomic E-state index is 13.7. The van der Waals surface area contributed by atoms with Crippen molar-refractivity contribution in [2.45, 2.75) is 37.4 Å². The van der Waals surface area contributed by atoms with Gasteiger partial charge in [-0.25, -0.2) is 29.0 Å². The summed E-state index contributed by atoms with van der Waals surface area (Å²) in [5.74, 6) is -5.73. The molecule has 3 aromatic carbocycles. The van der Waals surface area contributed by atoms with Crippen LogP contribution in [0.5, 0.6) is 0 Å². The van der Waals surface area contributed by atoms with Crippen molar-refractivity contribution in [3.05, 3.63) is 150 Å². The molecule has 0 aliphatic carbocycles. The number of ether oxygens (including phenoxy) is 6. The number of amides is 1. The zero-order valence-electron chi connectivity index (χ0n) is 28.5. The molecule has 14 nitrogen and oxygen atoms in total. The maximum Gasteiger partial charge on any atom is 0.373 e. The van der Waals surface area contributed by atoms with Crippen LogP contribution in [-0.4, -0.2) is 84.9 Å². The van der Waals surface area contributed by atoms with Gasteiger partial charge in [-0.1, -0.05) is 60.7 Å². The summed E-state index contributed by atoms with van der Waals surface area (Å²) in [5.41, 5.74) is 0.227. The minimum absolute atomic E-state index is 0.0660. The Labute approximate surface area is 303 Å². The number of carbonyl (C=O) groups is 6. The molecule has 4 aromatic rings. The van der Waals surface area contributed by atoms with E-state index in [0.717, 1.165) is 13.2 Å². The molecule has 14 heteroatoms. The summed E-state index contributed by atoms with van der Waals surface area (Å²) in [4.78, 5) is 83.5. The second kappa shape index (κ2) is 17.9. The smallest absolute Gasteiger partial charge is 0.373 e. The fraction of sp³-hybridized carbons (Fsp3) is 0.205. The van der Waals surface area contributed by atoms with Gasteiger partial charge in [-0.2, -0.15) is 0 Å². The van der Waals surface area contributed by atoms with Crippen molar-refractivity contribution in [2.24, 2.45) is 0 Å². The number of rotatable bonds is 13. The molecule has 272 valence electrons. The number of esters is 5. The fourth-order valence-electron chi connectivity index (χ4n) is 5.27. The number of hydrogen-bond donors (Lipinski definition) is 1. The lowest BCUT2D eigenvalue weighted by molar-refractivity contribution is -0.153. The predicted octanol–water partition coefficient (Wildman–Crippen LogP) is 3.88. The van der Waals surface area contributed by atoms with Crippen molar-refractivity contribution in [3.8, 4) is 0 Å². The Morgan fingerprint density at radius 2 is 1.26 bits per heavy atom. The van der Waals surface area contributed by atoms with E-state index in [-0.39, 0.29) is 22.4 Å². The molecule has 5 rings (SSSR count). The van der Waals surface area contributed by atoms with Gasteiger partial charge in [0.1, 0.15) is 24.4 Å². The van der Waals surface area contributed by atoms with Crippen LogP contribution in [0.25, 0.3) is 0 Å². The predicted molar refractivity (Wildman–Crippen MR) is 184 cm³/mol. The lowest BCUT2D eigenvalue weighted by Gasteiger charge is -2.41. The number of aromatic nitrogens is 1. The molecule has 5 atom stereocenters. The molecular weight excluding hydrogens is 688 g/mol. The van der Waals surface area contributed by atoms with Crippen molar-refractivity contribution in [3.63, 3.8) is 0 Å². The molecule has 0 saturated heterocycles. The topological polar surface area (TPSA) is 183 Å². The first kappa shape index (κ1) is 37.4. The molecule has 2 unspecified atom stereocenters. The van der Waals surface area contributed by atoms with Crippen molar-refractivity contribution in [2.75, 3.05) is 13.7 Å². The molecular formula is C39H34N2O12. The van der Waals surface area contributed by atoms with Crippen LogP contribution in [-0.2, 0) is 38.0 Å². The van der Waals surface area contributed by atoms with Gasteiger partial charge in [-0.3, -0.25) is 4.79 Å². The standard InChI is InChI=1S/C39H34N2O12/c1-24(42)41-32-29(51-36(44)26-16-8-4-9-17-26)22-30(39(47)48-2)50-34(32)33(53-37(45)27-18-10-5-11-19-27)31(52-38(46)28-20-12-13-21-40-28)23-49-35(43)25-14-6-3-7-15-25/h3-22,29,31-34H,23H2,1-2H3,(H,41,42)/t29-,31?,32+,33?,34+/m0/s1. The third kappa shape index (κ3) is 9.91. The van der Waals surface area contributed by atoms with Crippen LogP contribution in [0, 0.1) is 0 Å². The number of nitrogens with one attached hydrogen (secondary N) is 1. The molecule has 1 amide bonds. The minimum atomic E-state index is -1.78. The quantitative estimate of drug-likeness (QED) is 0.155. The number of benzene rings is 3. The monoisotopic (exact) mass is 722 g/mol. The van der Waals surface area contributed by atoms with Crippen LogP contribution in [0.4, 0.5) is 0 Å². The van der Waals surface area contributed by atoms with Gasteiger partial charge in [0.15, 0.2) is 18.3 Å². The average molecular weight is 723 g/mol. The van der Waals surface area contributed by atoms with Crippen molar-refractivity contribution in [1.82, 2.24) is 10.3 Å². The van der Waals surface area contributed by atoms with Crippen molar-refractivity contribution < 1.29 is 57.2 Å². The third-order valence-corrected chi connectivity index (χ3v) is 7.76. The van der Waals surface area contributed by atoms with E-state index >= 15 is 0 Å². The average Bonchev–Trinajstić information content (AvgIpc) is 3.19. The molecule has 53 heavy (non-hydrogen) atoms. The van der Waals surface area contributed by atoms with Gasteiger partial charge in [-0.05, 0) is 48.5 Å². The van der Waals surface area contributed by atoms with E-state index in [4.69, 9.17) is 28.4 Å². The largest absolute Gasteiger partial charge is 0.477 e. The second-order valence-electron chi connectivity index (χ2n) is 11.4. The van der Waals surface area contributed by atoms with E-state index in [9.17, 15) is 28.8 Å². The molecule has 1 aromatic heterocycles. The maximum atomic E-state index is 13.7. The highest BCUT2D eigenvalue weighted by Crippen LogP contribution is 2.30. The number of methoxy groups -OCH3 is 1. The van der Waals surface area contributed by atoms with Crippen LogP contribution in [0.2, 0.25) is 0 Å². The summed E-state index contributed by atoms with van der Waals surface area (Å²) < 4.78 is 34.2. The summed E-state index contributed by atoms with van der Waals surface area (Å²) in [6.45, 7) is 0.454. The number of carbonyl (C=O) groups excluding carboxylic acids is 6. The lowest BCUT2D eigenvalue weighted by atomic mass is 9.93. The van der Waals surface area contributed by atoms with Crippen LogP contribution in [0.3, 0.4) is 0 Å². The first-order valence-electron chi connectivity index (χ1n) is 16.2. The summed E-state index contributed by atoms with van der Waals surface area (Å²) in [6.07, 6.45) is -4.09. The summed E-state index contributed by atoms with van der Waals surface area (Å²) in [7, 11) is 1.08. The van der Waals surface area contributed by atoms with E-state index < -0.39 is 78.6 Å². The van der Waals surface area contributed by atoms with Gasteiger partial charge in [0.05, 0.1) is 23.8 Å². The third-order valence-electron chi connectivity index (χ3n) is 7.76.